The van der Waals surface area contributed by atoms with Crippen molar-refractivity contribution in [3.63, 3.8) is 0 Å². The Balaban J connectivity index is 1.61. The lowest BCUT2D eigenvalue weighted by Gasteiger charge is -2.30. The standard InChI is InChI=1S/C18H18ClN3O3/c19-14-8-12(9-16(23)18(14)25)10-20-21-17(24)11-22-7-3-5-13-4-1-2-6-15(13)22/h1-2,4,6,8-10,23,25H,3,5,7,11H2,(H,21,24)/b20-10+. The van der Waals surface area contributed by atoms with Crippen molar-refractivity contribution >= 4 is 29.4 Å². The number of carbonyl (C=O) groups is 1. The fourth-order valence-corrected chi connectivity index (χ4v) is 3.07. The molecule has 0 radical (unpaired) electrons. The second-order valence-electron chi connectivity index (χ2n) is 5.82. The third kappa shape index (κ3) is 4.03. The molecule has 3 N–H and O–H groups in total. The van der Waals surface area contributed by atoms with E-state index in [0.717, 1.165) is 25.1 Å². The first-order chi connectivity index (χ1) is 12.0. The van der Waals surface area contributed by atoms with Crippen LogP contribution < -0.4 is 10.3 Å². The average molecular weight is 360 g/mol. The number of para-hydroxylation sites is 1. The van der Waals surface area contributed by atoms with Crippen molar-refractivity contribution in [3.8, 4) is 11.5 Å². The molecule has 0 saturated heterocycles. The summed E-state index contributed by atoms with van der Waals surface area (Å²) in [6.45, 7) is 1.05. The van der Waals surface area contributed by atoms with Gasteiger partial charge in [0.05, 0.1) is 17.8 Å². The third-order valence-electron chi connectivity index (χ3n) is 4.01. The molecule has 130 valence electrons. The maximum absolute atomic E-state index is 12.1. The summed E-state index contributed by atoms with van der Waals surface area (Å²) in [4.78, 5) is 14.2. The number of hydrazone groups is 1. The van der Waals surface area contributed by atoms with Crippen LogP contribution in [0.25, 0.3) is 0 Å². The van der Waals surface area contributed by atoms with E-state index < -0.39 is 0 Å². The van der Waals surface area contributed by atoms with Gasteiger partial charge in [0, 0.05) is 12.2 Å². The Bertz CT molecular complexity index is 800. The quantitative estimate of drug-likeness (QED) is 0.445. The Labute approximate surface area is 150 Å². The van der Waals surface area contributed by atoms with Gasteiger partial charge >= 0.3 is 0 Å². The number of phenolic OH excluding ortho intramolecular Hbond substituents is 2. The van der Waals surface area contributed by atoms with Crippen LogP contribution in [0.4, 0.5) is 5.69 Å². The number of aryl methyl sites for hydroxylation is 1. The molecule has 0 bridgehead atoms. The summed E-state index contributed by atoms with van der Waals surface area (Å²) in [5.41, 5.74) is 5.26. The topological polar surface area (TPSA) is 85.2 Å². The molecule has 1 aliphatic heterocycles. The second kappa shape index (κ2) is 7.44. The Morgan fingerprint density at radius 3 is 2.92 bits per heavy atom. The molecule has 6 nitrogen and oxygen atoms in total. The van der Waals surface area contributed by atoms with Gasteiger partial charge in [-0.15, -0.1) is 0 Å². The van der Waals surface area contributed by atoms with Crippen LogP contribution in [0.3, 0.4) is 0 Å². The minimum Gasteiger partial charge on any atom is -0.504 e. The lowest BCUT2D eigenvalue weighted by Crippen LogP contribution is -2.38. The maximum atomic E-state index is 12.1. The fourth-order valence-electron chi connectivity index (χ4n) is 2.84. The molecule has 1 amide bonds. The number of carbonyl (C=O) groups excluding carboxylic acids is 1. The zero-order valence-electron chi connectivity index (χ0n) is 13.4. The molecule has 1 heterocycles. The van der Waals surface area contributed by atoms with E-state index in [1.807, 2.05) is 23.1 Å². The fraction of sp³-hybridized carbons (Fsp3) is 0.222. The Kier molecular flexibility index (Phi) is 5.09. The van der Waals surface area contributed by atoms with E-state index in [4.69, 9.17) is 11.6 Å². The summed E-state index contributed by atoms with van der Waals surface area (Å²) in [7, 11) is 0. The van der Waals surface area contributed by atoms with Crippen LogP contribution >= 0.6 is 11.6 Å². The number of nitrogens with zero attached hydrogens (tertiary/aromatic N) is 2. The molecule has 0 saturated carbocycles. The van der Waals surface area contributed by atoms with Crippen LogP contribution in [0.1, 0.15) is 17.5 Å². The number of hydrogen-bond acceptors (Lipinski definition) is 5. The van der Waals surface area contributed by atoms with E-state index in [2.05, 4.69) is 16.6 Å². The van der Waals surface area contributed by atoms with E-state index >= 15 is 0 Å². The predicted octanol–water partition coefficient (Wildman–Crippen LogP) is 2.65. The molecule has 1 aliphatic rings. The summed E-state index contributed by atoms with van der Waals surface area (Å²) >= 11 is 5.77. The highest BCUT2D eigenvalue weighted by Gasteiger charge is 2.18. The van der Waals surface area contributed by atoms with Crippen LogP contribution in [-0.4, -0.2) is 35.4 Å². The maximum Gasteiger partial charge on any atom is 0.259 e. The number of nitrogens with one attached hydrogen (secondary N) is 1. The van der Waals surface area contributed by atoms with Gasteiger partial charge in [0.25, 0.3) is 5.91 Å². The van der Waals surface area contributed by atoms with E-state index in [9.17, 15) is 15.0 Å². The van der Waals surface area contributed by atoms with Crippen LogP contribution in [0.5, 0.6) is 11.5 Å². The summed E-state index contributed by atoms with van der Waals surface area (Å²) in [6.07, 6.45) is 3.39. The molecule has 3 rings (SSSR count). The molecule has 25 heavy (non-hydrogen) atoms. The molecule has 7 heteroatoms. The second-order valence-corrected chi connectivity index (χ2v) is 6.22. The molecular formula is C18H18ClN3O3. The van der Waals surface area contributed by atoms with Gasteiger partial charge in [-0.1, -0.05) is 29.8 Å². The minimum absolute atomic E-state index is 0.0118. The number of fused-ring (bicyclic) bond motifs is 1. The summed E-state index contributed by atoms with van der Waals surface area (Å²) in [5.74, 6) is -0.959. The van der Waals surface area contributed by atoms with Crippen LogP contribution in [-0.2, 0) is 11.2 Å². The van der Waals surface area contributed by atoms with Crippen molar-refractivity contribution in [2.45, 2.75) is 12.8 Å². The molecule has 0 aliphatic carbocycles. The average Bonchev–Trinajstić information content (AvgIpc) is 2.60. The van der Waals surface area contributed by atoms with Crippen LogP contribution in [0.15, 0.2) is 41.5 Å². The van der Waals surface area contributed by atoms with Gasteiger partial charge in [0.1, 0.15) is 0 Å². The first kappa shape index (κ1) is 17.1. The molecular weight excluding hydrogens is 342 g/mol. The van der Waals surface area contributed by atoms with Crippen molar-refractivity contribution in [1.29, 1.82) is 0 Å². The summed E-state index contributed by atoms with van der Waals surface area (Å²) in [5, 5.41) is 22.8. The van der Waals surface area contributed by atoms with Crippen molar-refractivity contribution in [3.05, 3.63) is 52.5 Å². The molecule has 0 spiro atoms. The van der Waals surface area contributed by atoms with E-state index in [1.54, 1.807) is 0 Å². The Hall–Kier alpha value is -2.73. The van der Waals surface area contributed by atoms with E-state index in [0.29, 0.717) is 5.56 Å². The molecule has 0 atom stereocenters. The third-order valence-corrected chi connectivity index (χ3v) is 4.30. The first-order valence-electron chi connectivity index (χ1n) is 7.91. The molecule has 2 aromatic carbocycles. The highest BCUT2D eigenvalue weighted by molar-refractivity contribution is 6.32. The van der Waals surface area contributed by atoms with Crippen LogP contribution in [0.2, 0.25) is 5.02 Å². The van der Waals surface area contributed by atoms with Gasteiger partial charge in [0.2, 0.25) is 0 Å². The number of benzene rings is 2. The van der Waals surface area contributed by atoms with Gasteiger partial charge in [-0.3, -0.25) is 4.79 Å². The van der Waals surface area contributed by atoms with Crippen molar-refractivity contribution in [2.75, 3.05) is 18.0 Å². The Morgan fingerprint density at radius 2 is 2.12 bits per heavy atom. The normalized spacial score (nSPS) is 13.7. The van der Waals surface area contributed by atoms with Gasteiger partial charge in [0.15, 0.2) is 11.5 Å². The van der Waals surface area contributed by atoms with Gasteiger partial charge in [-0.25, -0.2) is 5.43 Å². The van der Waals surface area contributed by atoms with Gasteiger partial charge in [-0.2, -0.15) is 5.10 Å². The van der Waals surface area contributed by atoms with Crippen molar-refractivity contribution < 1.29 is 15.0 Å². The lowest BCUT2D eigenvalue weighted by atomic mass is 10.0. The highest BCUT2D eigenvalue weighted by Crippen LogP contribution is 2.33. The molecule has 2 aromatic rings. The zero-order valence-corrected chi connectivity index (χ0v) is 14.2. The summed E-state index contributed by atoms with van der Waals surface area (Å²) in [6, 6.07) is 10.8. The largest absolute Gasteiger partial charge is 0.504 e. The molecule has 0 aromatic heterocycles. The highest BCUT2D eigenvalue weighted by atomic mass is 35.5. The number of rotatable bonds is 4. The minimum atomic E-state index is -0.383. The number of phenols is 2. The zero-order chi connectivity index (χ0) is 17.8. The van der Waals surface area contributed by atoms with Crippen molar-refractivity contribution in [2.24, 2.45) is 5.10 Å². The van der Waals surface area contributed by atoms with E-state index in [-0.39, 0.29) is 29.0 Å². The SMILES string of the molecule is O=C(CN1CCCc2ccccc21)N/N=C/c1cc(O)c(O)c(Cl)c1. The monoisotopic (exact) mass is 359 g/mol. The molecule has 0 unspecified atom stereocenters. The lowest BCUT2D eigenvalue weighted by molar-refractivity contribution is -0.119. The van der Waals surface area contributed by atoms with Gasteiger partial charge in [-0.05, 0) is 42.2 Å². The predicted molar refractivity (Wildman–Crippen MR) is 97.5 cm³/mol. The number of aromatic hydroxyl groups is 2. The van der Waals surface area contributed by atoms with E-state index in [1.165, 1.54) is 23.9 Å². The molecule has 0 fully saturated rings. The van der Waals surface area contributed by atoms with Gasteiger partial charge < -0.3 is 15.1 Å². The first-order valence-corrected chi connectivity index (χ1v) is 8.28. The number of halogens is 1. The van der Waals surface area contributed by atoms with Crippen LogP contribution in [0, 0.1) is 0 Å². The van der Waals surface area contributed by atoms with Crippen molar-refractivity contribution in [1.82, 2.24) is 5.43 Å². The number of anilines is 1. The Morgan fingerprint density at radius 1 is 1.32 bits per heavy atom. The number of amides is 1. The number of hydrogen-bond donors (Lipinski definition) is 3. The smallest absolute Gasteiger partial charge is 0.259 e. The summed E-state index contributed by atoms with van der Waals surface area (Å²) < 4.78 is 0.